The average molecular weight is 608 g/mol. The molecule has 2 aromatic carbocycles. The second-order valence-electron chi connectivity index (χ2n) is 7.23. The van der Waals surface area contributed by atoms with Crippen LogP contribution in [0.5, 0.6) is 0 Å². The molecule has 0 spiro atoms. The van der Waals surface area contributed by atoms with E-state index in [2.05, 4.69) is 19.5 Å². The molecule has 0 radical (unpaired) electrons. The summed E-state index contributed by atoms with van der Waals surface area (Å²) in [5, 5.41) is 7.17. The lowest BCUT2D eigenvalue weighted by atomic mass is 10.3. The third kappa shape index (κ3) is 4.95. The number of hydrogen-bond acceptors (Lipinski definition) is 10. The number of anilines is 2. The lowest BCUT2D eigenvalue weighted by Crippen LogP contribution is -2.48. The largest absolute Gasteiger partial charge is 0.370 e. The fraction of sp³-hybridized carbons (Fsp3) is 0.200. The number of rotatable bonds is 5. The molecule has 192 valence electrons. The summed E-state index contributed by atoms with van der Waals surface area (Å²) >= 11 is 12.1. The Morgan fingerprint density at radius 3 is 2.17 bits per heavy atom. The van der Waals surface area contributed by atoms with Gasteiger partial charge in [-0.2, -0.15) is 14.2 Å². The van der Waals surface area contributed by atoms with Crippen LogP contribution in [0.15, 0.2) is 43.8 Å². The van der Waals surface area contributed by atoms with Crippen molar-refractivity contribution in [2.75, 3.05) is 30.2 Å². The standard InChI is InChI=1S/C15H16Cl2N6O8S4/c16-8-1-10-14(34(28,29)20-5-19-10)4-13(8)33(26,27)21-6-23-7-22-35(30,31)15-3-12(32(18,24)25)9(17)2-11(15)23/h1-4,19-22H,5-7H2,(H2,18,24,25). The van der Waals surface area contributed by atoms with Crippen LogP contribution >= 0.6 is 23.2 Å². The third-order valence-corrected chi connectivity index (χ3v) is 11.1. The van der Waals surface area contributed by atoms with E-state index in [1.807, 2.05) is 0 Å². The van der Waals surface area contributed by atoms with Gasteiger partial charge in [-0.3, -0.25) is 0 Å². The van der Waals surface area contributed by atoms with Crippen LogP contribution in [0.2, 0.25) is 10.0 Å². The maximum Gasteiger partial charge on any atom is 0.244 e. The SMILES string of the molecule is NS(=O)(=O)c1cc2c(cc1Cl)N(CNS(=O)(=O)c1cc3c(cc1Cl)NCNS3(=O)=O)CNS2(=O)=O. The van der Waals surface area contributed by atoms with Crippen LogP contribution in [0.25, 0.3) is 0 Å². The quantitative estimate of drug-likeness (QED) is 0.288. The van der Waals surface area contributed by atoms with Gasteiger partial charge in [0.15, 0.2) is 0 Å². The van der Waals surface area contributed by atoms with Crippen molar-refractivity contribution in [2.45, 2.75) is 19.6 Å². The van der Waals surface area contributed by atoms with E-state index in [0.29, 0.717) is 0 Å². The molecule has 6 N–H and O–H groups in total. The number of fused-ring (bicyclic) bond motifs is 2. The van der Waals surface area contributed by atoms with Crippen molar-refractivity contribution in [1.29, 1.82) is 0 Å². The molecule has 0 bridgehead atoms. The smallest absolute Gasteiger partial charge is 0.244 e. The van der Waals surface area contributed by atoms with E-state index in [1.165, 1.54) is 4.90 Å². The molecule has 2 aliphatic heterocycles. The van der Waals surface area contributed by atoms with Gasteiger partial charge in [-0.1, -0.05) is 23.2 Å². The number of nitrogens with one attached hydrogen (secondary N) is 4. The lowest BCUT2D eigenvalue weighted by molar-refractivity contribution is 0.563. The Labute approximate surface area is 211 Å². The molecular formula is C15H16Cl2N6O8S4. The molecule has 14 nitrogen and oxygen atoms in total. The summed E-state index contributed by atoms with van der Waals surface area (Å²) < 4.78 is 105. The summed E-state index contributed by atoms with van der Waals surface area (Å²) in [4.78, 5) is -0.778. The predicted octanol–water partition coefficient (Wildman–Crippen LogP) is -0.706. The van der Waals surface area contributed by atoms with Gasteiger partial charge in [0.2, 0.25) is 40.1 Å². The molecule has 0 aromatic heterocycles. The van der Waals surface area contributed by atoms with Crippen molar-refractivity contribution in [2.24, 2.45) is 5.14 Å². The van der Waals surface area contributed by atoms with E-state index in [4.69, 9.17) is 28.3 Å². The van der Waals surface area contributed by atoms with Crippen LogP contribution in [0.3, 0.4) is 0 Å². The molecule has 2 aromatic rings. The fourth-order valence-electron chi connectivity index (χ4n) is 3.32. The molecule has 2 heterocycles. The Balaban J connectivity index is 1.69. The Morgan fingerprint density at radius 1 is 0.914 bits per heavy atom. The topological polar surface area (TPSA) is 214 Å². The zero-order valence-corrected chi connectivity index (χ0v) is 21.9. The van der Waals surface area contributed by atoms with Gasteiger partial charge in [0.25, 0.3) is 0 Å². The van der Waals surface area contributed by atoms with Crippen LogP contribution < -0.4 is 29.5 Å². The molecule has 2 aliphatic rings. The summed E-state index contributed by atoms with van der Waals surface area (Å²) in [6.07, 6.45) is 0. The summed E-state index contributed by atoms with van der Waals surface area (Å²) in [5.74, 6) is 0. The minimum Gasteiger partial charge on any atom is -0.370 e. The molecule has 35 heavy (non-hydrogen) atoms. The van der Waals surface area contributed by atoms with Gasteiger partial charge in [-0.25, -0.2) is 38.8 Å². The first-order valence-corrected chi connectivity index (χ1v) is 16.0. The summed E-state index contributed by atoms with van der Waals surface area (Å²) in [6.45, 7) is -1.03. The number of benzene rings is 2. The van der Waals surface area contributed by atoms with Gasteiger partial charge in [0.1, 0.15) is 19.6 Å². The van der Waals surface area contributed by atoms with Crippen LogP contribution in [-0.4, -0.2) is 53.7 Å². The van der Waals surface area contributed by atoms with E-state index < -0.39 is 68.1 Å². The number of hydrogen-bond donors (Lipinski definition) is 5. The van der Waals surface area contributed by atoms with Crippen LogP contribution in [0.4, 0.5) is 11.4 Å². The monoisotopic (exact) mass is 606 g/mol. The lowest BCUT2D eigenvalue weighted by Gasteiger charge is -2.32. The Hall–Kier alpha value is -1.74. The first kappa shape index (κ1) is 26.3. The van der Waals surface area contributed by atoms with Gasteiger partial charge in [0, 0.05) is 0 Å². The van der Waals surface area contributed by atoms with Crippen molar-refractivity contribution in [3.05, 3.63) is 34.3 Å². The number of nitrogens with zero attached hydrogens (tertiary/aromatic N) is 1. The highest BCUT2D eigenvalue weighted by Gasteiger charge is 2.33. The van der Waals surface area contributed by atoms with Crippen molar-refractivity contribution < 1.29 is 33.7 Å². The average Bonchev–Trinajstić information content (AvgIpc) is 2.71. The minimum atomic E-state index is -4.42. The van der Waals surface area contributed by atoms with Gasteiger partial charge in [-0.15, -0.1) is 0 Å². The molecule has 0 atom stereocenters. The second kappa shape index (κ2) is 8.68. The summed E-state index contributed by atoms with van der Waals surface area (Å²) in [7, 11) is -16.9. The highest BCUT2D eigenvalue weighted by atomic mass is 35.5. The van der Waals surface area contributed by atoms with Crippen LogP contribution in [0.1, 0.15) is 0 Å². The first-order valence-electron chi connectivity index (χ1n) is 9.21. The molecule has 0 amide bonds. The second-order valence-corrected chi connectivity index (χ2v) is 14.8. The van der Waals surface area contributed by atoms with E-state index in [-0.39, 0.29) is 33.0 Å². The zero-order chi connectivity index (χ0) is 26.0. The van der Waals surface area contributed by atoms with Crippen molar-refractivity contribution in [1.82, 2.24) is 14.2 Å². The zero-order valence-electron chi connectivity index (χ0n) is 17.1. The van der Waals surface area contributed by atoms with Gasteiger partial charge >= 0.3 is 0 Å². The van der Waals surface area contributed by atoms with Crippen LogP contribution in [0, 0.1) is 0 Å². The molecule has 4 rings (SSSR count). The predicted molar refractivity (Wildman–Crippen MR) is 126 cm³/mol. The number of halogens is 2. The number of sulfonamides is 4. The van der Waals surface area contributed by atoms with Crippen molar-refractivity contribution in [3.63, 3.8) is 0 Å². The Kier molecular flexibility index (Phi) is 6.53. The highest BCUT2D eigenvalue weighted by molar-refractivity contribution is 7.91. The molecule has 0 saturated heterocycles. The minimum absolute atomic E-state index is 0.101. The highest BCUT2D eigenvalue weighted by Crippen LogP contribution is 2.36. The van der Waals surface area contributed by atoms with Crippen LogP contribution in [-0.2, 0) is 40.1 Å². The number of primary sulfonamides is 1. The van der Waals surface area contributed by atoms with Crippen molar-refractivity contribution >= 4 is 74.7 Å². The fourth-order valence-corrected chi connectivity index (χ4v) is 8.43. The maximum atomic E-state index is 13.0. The molecule has 20 heteroatoms. The summed E-state index contributed by atoms with van der Waals surface area (Å²) in [6, 6.07) is 3.83. The Morgan fingerprint density at radius 2 is 1.51 bits per heavy atom. The molecule has 0 aliphatic carbocycles. The normalized spacial score (nSPS) is 18.9. The molecule has 0 unspecified atom stereocenters. The van der Waals surface area contributed by atoms with Gasteiger partial charge < -0.3 is 10.2 Å². The van der Waals surface area contributed by atoms with Gasteiger partial charge in [-0.05, 0) is 24.3 Å². The number of nitrogens with two attached hydrogens (primary N) is 1. The van der Waals surface area contributed by atoms with E-state index in [0.717, 1.165) is 24.3 Å². The summed E-state index contributed by atoms with van der Waals surface area (Å²) in [5.41, 5.74) is 0.0173. The Bertz CT molecular complexity index is 1680. The van der Waals surface area contributed by atoms with E-state index in [1.54, 1.807) is 0 Å². The molecular weight excluding hydrogens is 591 g/mol. The molecule has 0 fully saturated rings. The van der Waals surface area contributed by atoms with Gasteiger partial charge in [0.05, 0.1) is 41.4 Å². The van der Waals surface area contributed by atoms with E-state index >= 15 is 0 Å². The first-order chi connectivity index (χ1) is 16.0. The maximum absolute atomic E-state index is 13.0. The third-order valence-electron chi connectivity index (χ3n) is 5.00. The van der Waals surface area contributed by atoms with E-state index in [9.17, 15) is 33.7 Å². The molecule has 0 saturated carbocycles. The van der Waals surface area contributed by atoms with Crippen molar-refractivity contribution in [3.8, 4) is 0 Å².